The van der Waals surface area contributed by atoms with Gasteiger partial charge in [-0.15, -0.1) is 0 Å². The van der Waals surface area contributed by atoms with E-state index in [4.69, 9.17) is 10.5 Å². The molecule has 0 aliphatic rings. The third-order valence-electron chi connectivity index (χ3n) is 3.72. The monoisotopic (exact) mass is 380 g/mol. The normalized spacial score (nSPS) is 11.0. The molecule has 24 heavy (non-hydrogen) atoms. The van der Waals surface area contributed by atoms with Crippen molar-refractivity contribution in [2.24, 2.45) is 0 Å². The Morgan fingerprint density at radius 2 is 1.83 bits per heavy atom. The Balaban J connectivity index is 1.90. The van der Waals surface area contributed by atoms with E-state index in [0.29, 0.717) is 32.8 Å². The van der Waals surface area contributed by atoms with E-state index in [-0.39, 0.29) is 5.56 Å². The Labute approximate surface area is 145 Å². The van der Waals surface area contributed by atoms with Crippen LogP contribution in [-0.4, -0.2) is 31.8 Å². The number of nitrogens with one attached hydrogen (secondary N) is 1. The van der Waals surface area contributed by atoms with E-state index in [0.717, 1.165) is 27.6 Å². The van der Waals surface area contributed by atoms with Crippen LogP contribution in [0.4, 0.5) is 5.69 Å². The topological polar surface area (TPSA) is 93.9 Å². The van der Waals surface area contributed by atoms with Crippen molar-refractivity contribution in [3.05, 3.63) is 59.0 Å². The van der Waals surface area contributed by atoms with Gasteiger partial charge >= 0.3 is 145 Å². The molecule has 6 nitrogen and oxygen atoms in total. The van der Waals surface area contributed by atoms with E-state index in [9.17, 15) is 4.79 Å². The van der Waals surface area contributed by atoms with Crippen LogP contribution in [-0.2, 0) is 0 Å². The number of benzene rings is 2. The van der Waals surface area contributed by atoms with Crippen LogP contribution < -0.4 is 20.5 Å². The van der Waals surface area contributed by atoms with E-state index < -0.39 is 0 Å². The summed E-state index contributed by atoms with van der Waals surface area (Å²) >= 11 is 1.15. The van der Waals surface area contributed by atoms with Gasteiger partial charge in [0, 0.05) is 0 Å². The molecule has 1 atom stereocenters. The molecule has 0 bridgehead atoms. The molecule has 4 rings (SSSR count). The molecule has 0 saturated carbocycles. The van der Waals surface area contributed by atoms with Crippen LogP contribution in [0.1, 0.15) is 0 Å². The zero-order valence-corrected chi connectivity index (χ0v) is 14.9. The summed E-state index contributed by atoms with van der Waals surface area (Å²) in [5.74, 6) is 1.20. The van der Waals surface area contributed by atoms with Crippen molar-refractivity contribution in [1.82, 2.24) is 15.0 Å². The third-order valence-corrected chi connectivity index (χ3v) is 4.54. The van der Waals surface area contributed by atoms with Crippen LogP contribution in [0.15, 0.2) is 53.5 Å². The fourth-order valence-corrected chi connectivity index (χ4v) is 2.99. The quantitative estimate of drug-likeness (QED) is 0.401. The van der Waals surface area contributed by atoms with Gasteiger partial charge in [-0.3, -0.25) is 0 Å². The molecule has 2 heterocycles. The van der Waals surface area contributed by atoms with Gasteiger partial charge in [-0.25, -0.2) is 0 Å². The zero-order chi connectivity index (χ0) is 16.7. The summed E-state index contributed by atoms with van der Waals surface area (Å²) in [6, 6.07) is 13.1. The summed E-state index contributed by atoms with van der Waals surface area (Å²) in [5, 5.41) is 1.84. The summed E-state index contributed by atoms with van der Waals surface area (Å²) in [7, 11) is 0. The second-order valence-corrected chi connectivity index (χ2v) is 6.41. The van der Waals surface area contributed by atoms with Crippen LogP contribution >= 0.6 is 0 Å². The van der Waals surface area contributed by atoms with Crippen LogP contribution in [0.3, 0.4) is 0 Å². The van der Waals surface area contributed by atoms with Crippen molar-refractivity contribution in [2.75, 3.05) is 5.73 Å². The number of ether oxygens (including phenoxy) is 1. The first-order chi connectivity index (χ1) is 11.6. The molecule has 0 aliphatic heterocycles. The molecule has 0 amide bonds. The SMILES string of the molecule is Nc1ccc(Oc2ccnc3[nH]c(=O)c([AsH2])nc23)c2ccccc12. The van der Waals surface area contributed by atoms with Gasteiger partial charge in [-0.05, 0) is 0 Å². The second kappa shape index (κ2) is 5.65. The van der Waals surface area contributed by atoms with Crippen molar-refractivity contribution < 1.29 is 4.74 Å². The summed E-state index contributed by atoms with van der Waals surface area (Å²) in [6.45, 7) is 0. The fraction of sp³-hybridized carbons (Fsp3) is 0. The van der Waals surface area contributed by atoms with Crippen LogP contribution in [0, 0.1) is 0 Å². The molecule has 0 saturated heterocycles. The first kappa shape index (κ1) is 14.7. The predicted octanol–water partition coefficient (Wildman–Crippen LogP) is 1.10. The molecule has 2 aromatic carbocycles. The number of rotatable bonds is 2. The predicted molar refractivity (Wildman–Crippen MR) is 96.8 cm³/mol. The van der Waals surface area contributed by atoms with E-state index in [1.54, 1.807) is 12.3 Å². The number of nitrogens with two attached hydrogens (primary N) is 1. The summed E-state index contributed by atoms with van der Waals surface area (Å²) in [5.41, 5.74) is 7.42. The average Bonchev–Trinajstić information content (AvgIpc) is 2.59. The summed E-state index contributed by atoms with van der Waals surface area (Å²) in [6.07, 6.45) is 1.58. The van der Waals surface area contributed by atoms with E-state index in [1.165, 1.54) is 0 Å². The maximum absolute atomic E-state index is 11.7. The number of pyridine rings is 1. The number of H-pyrrole nitrogens is 1. The number of fused-ring (bicyclic) bond motifs is 2. The van der Waals surface area contributed by atoms with Gasteiger partial charge in [0.15, 0.2) is 0 Å². The van der Waals surface area contributed by atoms with Crippen molar-refractivity contribution in [1.29, 1.82) is 0 Å². The fourth-order valence-electron chi connectivity index (χ4n) is 2.56. The minimum absolute atomic E-state index is 0.231. The van der Waals surface area contributed by atoms with E-state index in [2.05, 4.69) is 15.0 Å². The van der Waals surface area contributed by atoms with Gasteiger partial charge in [0.1, 0.15) is 0 Å². The third kappa shape index (κ3) is 2.41. The van der Waals surface area contributed by atoms with Gasteiger partial charge in [-0.1, -0.05) is 0 Å². The van der Waals surface area contributed by atoms with Gasteiger partial charge in [-0.2, -0.15) is 0 Å². The number of nitrogen functional groups attached to an aromatic ring is 1. The Bertz CT molecular complexity index is 1140. The minimum atomic E-state index is -0.231. The van der Waals surface area contributed by atoms with E-state index in [1.807, 2.05) is 36.4 Å². The van der Waals surface area contributed by atoms with Gasteiger partial charge in [0.25, 0.3) is 0 Å². The van der Waals surface area contributed by atoms with Crippen LogP contribution in [0.2, 0.25) is 0 Å². The number of nitrogens with zero attached hydrogens (tertiary/aromatic N) is 2. The maximum atomic E-state index is 11.7. The molecule has 3 N–H and O–H groups in total. The number of aromatic nitrogens is 3. The van der Waals surface area contributed by atoms with Gasteiger partial charge in [0.2, 0.25) is 0 Å². The van der Waals surface area contributed by atoms with Crippen molar-refractivity contribution in [3.8, 4) is 11.5 Å². The first-order valence-corrected chi connectivity index (χ1v) is 8.44. The first-order valence-electron chi connectivity index (χ1n) is 7.23. The molecule has 7 heteroatoms. The number of hydrogen-bond donors (Lipinski definition) is 2. The molecule has 4 aromatic rings. The second-order valence-electron chi connectivity index (χ2n) is 5.26. The van der Waals surface area contributed by atoms with Crippen molar-refractivity contribution in [3.63, 3.8) is 0 Å². The molecule has 0 aliphatic carbocycles. The zero-order valence-electron chi connectivity index (χ0n) is 12.5. The summed E-state index contributed by atoms with van der Waals surface area (Å²) < 4.78 is 6.51. The molecule has 0 fully saturated rings. The van der Waals surface area contributed by atoms with Gasteiger partial charge in [0.05, 0.1) is 0 Å². The van der Waals surface area contributed by atoms with Crippen molar-refractivity contribution >= 4 is 49.0 Å². The molecular formula is C17H13AsN4O2. The number of anilines is 1. The Morgan fingerprint density at radius 1 is 1.04 bits per heavy atom. The Hall–Kier alpha value is -2.85. The summed E-state index contributed by atoms with van der Waals surface area (Å²) in [4.78, 5) is 22.9. The average molecular weight is 380 g/mol. The molecule has 118 valence electrons. The van der Waals surface area contributed by atoms with Crippen LogP contribution in [0.5, 0.6) is 11.5 Å². The molecule has 2 aromatic heterocycles. The Morgan fingerprint density at radius 3 is 2.67 bits per heavy atom. The van der Waals surface area contributed by atoms with Gasteiger partial charge < -0.3 is 0 Å². The standard InChI is InChI=1S/C17H13AsN4O2/c18-15-17(23)22-16-14(21-15)13(7-8-20-16)24-12-6-5-11(19)9-3-1-2-4-10(9)12/h1-8H,18-19H2,(H,20,22,23). The molecule has 0 spiro atoms. The Kier molecular flexibility index (Phi) is 3.47. The molecule has 0 radical (unpaired) electrons. The molecule has 1 unspecified atom stereocenters. The molecular weight excluding hydrogens is 367 g/mol. The van der Waals surface area contributed by atoms with E-state index >= 15 is 0 Å². The van der Waals surface area contributed by atoms with Crippen molar-refractivity contribution in [2.45, 2.75) is 0 Å². The number of aromatic amines is 1. The van der Waals surface area contributed by atoms with Crippen LogP contribution in [0.25, 0.3) is 21.9 Å². The number of hydrogen-bond acceptors (Lipinski definition) is 5.